The molecule has 4 rings (SSSR count). The van der Waals surface area contributed by atoms with Crippen molar-refractivity contribution in [1.29, 1.82) is 0 Å². The third kappa shape index (κ3) is 3.15. The van der Waals surface area contributed by atoms with Gasteiger partial charge in [0, 0.05) is 17.8 Å². The maximum atomic E-state index is 13.5. The summed E-state index contributed by atoms with van der Waals surface area (Å²) in [5, 5.41) is 2.08. The van der Waals surface area contributed by atoms with Gasteiger partial charge in [-0.15, -0.1) is 11.3 Å². The molecule has 0 unspecified atom stereocenters. The smallest absolute Gasteiger partial charge is 0.255 e. The number of aromatic amines is 1. The lowest BCUT2D eigenvalue weighted by atomic mass is 9.70. The highest BCUT2D eigenvalue weighted by atomic mass is 32.1. The van der Waals surface area contributed by atoms with Crippen LogP contribution in [0, 0.1) is 5.41 Å². The van der Waals surface area contributed by atoms with Crippen molar-refractivity contribution in [2.45, 2.75) is 51.5 Å². The molecule has 1 aliphatic heterocycles. The zero-order valence-corrected chi connectivity index (χ0v) is 15.1. The average molecular weight is 357 g/mol. The molecule has 3 heterocycles. The molecule has 5 nitrogen and oxygen atoms in total. The lowest BCUT2D eigenvalue weighted by Gasteiger charge is -2.41. The van der Waals surface area contributed by atoms with Gasteiger partial charge in [-0.05, 0) is 30.7 Å². The number of amides is 1. The first-order chi connectivity index (χ1) is 12.2. The van der Waals surface area contributed by atoms with Crippen LogP contribution in [0.2, 0.25) is 0 Å². The third-order valence-electron chi connectivity index (χ3n) is 5.65. The van der Waals surface area contributed by atoms with Crippen LogP contribution in [0.3, 0.4) is 0 Å². The van der Waals surface area contributed by atoms with E-state index in [0.29, 0.717) is 25.1 Å². The predicted octanol–water partition coefficient (Wildman–Crippen LogP) is 2.91. The lowest BCUT2D eigenvalue weighted by molar-refractivity contribution is -0.145. The largest absolute Gasteiger partial charge is 0.337 e. The summed E-state index contributed by atoms with van der Waals surface area (Å²) in [5.41, 5.74) is 1.08. The summed E-state index contributed by atoms with van der Waals surface area (Å²) in [5.74, 6) is 0.231. The van der Waals surface area contributed by atoms with E-state index in [1.807, 2.05) is 4.90 Å². The van der Waals surface area contributed by atoms with Crippen molar-refractivity contribution in [2.75, 3.05) is 6.54 Å². The Bertz CT molecular complexity index is 806. The van der Waals surface area contributed by atoms with Crippen molar-refractivity contribution in [3.05, 3.63) is 50.3 Å². The Kier molecular flexibility index (Phi) is 4.46. The number of nitrogens with zero attached hydrogens (tertiary/aromatic N) is 2. The Morgan fingerprint density at radius 2 is 2.16 bits per heavy atom. The second-order valence-electron chi connectivity index (χ2n) is 7.23. The van der Waals surface area contributed by atoms with Crippen molar-refractivity contribution in [3.63, 3.8) is 0 Å². The molecule has 1 aliphatic carbocycles. The SMILES string of the molecule is O=C(N1CCc2nc[nH]c(=O)c2C1)C1(Cc2cccs2)CCCCC1. The van der Waals surface area contributed by atoms with Gasteiger partial charge in [0.05, 0.1) is 29.5 Å². The maximum Gasteiger partial charge on any atom is 0.255 e. The second-order valence-corrected chi connectivity index (χ2v) is 8.26. The van der Waals surface area contributed by atoms with Crippen LogP contribution in [0.4, 0.5) is 0 Å². The molecule has 1 saturated carbocycles. The zero-order valence-electron chi connectivity index (χ0n) is 14.3. The monoisotopic (exact) mass is 357 g/mol. The Morgan fingerprint density at radius 3 is 2.92 bits per heavy atom. The zero-order chi connectivity index (χ0) is 17.3. The van der Waals surface area contributed by atoms with Gasteiger partial charge < -0.3 is 9.88 Å². The van der Waals surface area contributed by atoms with Crippen LogP contribution in [-0.4, -0.2) is 27.3 Å². The van der Waals surface area contributed by atoms with E-state index in [2.05, 4.69) is 27.5 Å². The molecular weight excluding hydrogens is 334 g/mol. The summed E-state index contributed by atoms with van der Waals surface area (Å²) in [7, 11) is 0. The lowest BCUT2D eigenvalue weighted by Crippen LogP contribution is -2.49. The van der Waals surface area contributed by atoms with Gasteiger partial charge in [0.2, 0.25) is 5.91 Å². The van der Waals surface area contributed by atoms with E-state index in [4.69, 9.17) is 0 Å². The van der Waals surface area contributed by atoms with Gasteiger partial charge >= 0.3 is 0 Å². The van der Waals surface area contributed by atoms with Crippen LogP contribution in [0.5, 0.6) is 0 Å². The van der Waals surface area contributed by atoms with Crippen LogP contribution in [0.25, 0.3) is 0 Å². The van der Waals surface area contributed by atoms with E-state index in [0.717, 1.165) is 37.8 Å². The average Bonchev–Trinajstić information content (AvgIpc) is 3.15. The molecule has 2 aromatic heterocycles. The molecule has 132 valence electrons. The van der Waals surface area contributed by atoms with Gasteiger partial charge in [0.25, 0.3) is 5.56 Å². The third-order valence-corrected chi connectivity index (χ3v) is 6.53. The molecule has 0 spiro atoms. The minimum Gasteiger partial charge on any atom is -0.337 e. The molecule has 6 heteroatoms. The first kappa shape index (κ1) is 16.5. The molecule has 0 saturated heterocycles. The number of nitrogens with one attached hydrogen (secondary N) is 1. The molecule has 0 radical (unpaired) electrons. The standard InChI is InChI=1S/C19H23N3O2S/c23-17-15-12-22(9-6-16(15)20-13-21-17)18(24)19(7-2-1-3-8-19)11-14-5-4-10-25-14/h4-5,10,13H,1-3,6-9,11-12H2,(H,20,21,23). The summed E-state index contributed by atoms with van der Waals surface area (Å²) in [6.45, 7) is 1.05. The number of fused-ring (bicyclic) bond motifs is 1. The summed E-state index contributed by atoms with van der Waals surface area (Å²) in [6, 6.07) is 4.19. The highest BCUT2D eigenvalue weighted by Crippen LogP contribution is 2.42. The quantitative estimate of drug-likeness (QED) is 0.918. The van der Waals surface area contributed by atoms with Gasteiger partial charge in [-0.3, -0.25) is 9.59 Å². The van der Waals surface area contributed by atoms with E-state index < -0.39 is 0 Å². The van der Waals surface area contributed by atoms with Crippen LogP contribution in [-0.2, 0) is 24.2 Å². The Morgan fingerprint density at radius 1 is 1.32 bits per heavy atom. The topological polar surface area (TPSA) is 66.1 Å². The first-order valence-electron chi connectivity index (χ1n) is 9.05. The van der Waals surface area contributed by atoms with Crippen LogP contribution >= 0.6 is 11.3 Å². The summed E-state index contributed by atoms with van der Waals surface area (Å²) < 4.78 is 0. The van der Waals surface area contributed by atoms with Crippen molar-refractivity contribution in [1.82, 2.24) is 14.9 Å². The Hall–Kier alpha value is -1.95. The molecule has 1 amide bonds. The van der Waals surface area contributed by atoms with Crippen LogP contribution in [0.1, 0.15) is 48.2 Å². The number of carbonyl (C=O) groups is 1. The number of aromatic nitrogens is 2. The number of hydrogen-bond donors (Lipinski definition) is 1. The summed E-state index contributed by atoms with van der Waals surface area (Å²) in [4.78, 5) is 35.7. The minimum absolute atomic E-state index is 0.113. The highest BCUT2D eigenvalue weighted by Gasteiger charge is 2.43. The first-order valence-corrected chi connectivity index (χ1v) is 9.93. The fourth-order valence-electron chi connectivity index (χ4n) is 4.30. The maximum absolute atomic E-state index is 13.5. The van der Waals surface area contributed by atoms with Crippen molar-refractivity contribution in [3.8, 4) is 0 Å². The molecular formula is C19H23N3O2S. The number of H-pyrrole nitrogens is 1. The fourth-order valence-corrected chi connectivity index (χ4v) is 5.15. The van der Waals surface area contributed by atoms with Gasteiger partial charge in [-0.2, -0.15) is 0 Å². The molecule has 0 atom stereocenters. The van der Waals surface area contributed by atoms with Gasteiger partial charge in [-0.1, -0.05) is 25.3 Å². The van der Waals surface area contributed by atoms with Crippen LogP contribution < -0.4 is 5.56 Å². The van der Waals surface area contributed by atoms with Crippen molar-refractivity contribution < 1.29 is 4.79 Å². The number of hydrogen-bond acceptors (Lipinski definition) is 4. The fraction of sp³-hybridized carbons (Fsp3) is 0.526. The van der Waals surface area contributed by atoms with E-state index in [9.17, 15) is 9.59 Å². The number of thiophene rings is 1. The molecule has 1 N–H and O–H groups in total. The molecule has 0 aromatic carbocycles. The number of rotatable bonds is 3. The van der Waals surface area contributed by atoms with Crippen molar-refractivity contribution >= 4 is 17.2 Å². The van der Waals surface area contributed by atoms with E-state index in [-0.39, 0.29) is 16.9 Å². The Balaban J connectivity index is 1.61. The van der Waals surface area contributed by atoms with Gasteiger partial charge in [0.1, 0.15) is 0 Å². The van der Waals surface area contributed by atoms with Gasteiger partial charge in [0.15, 0.2) is 0 Å². The second kappa shape index (κ2) is 6.75. The molecule has 2 aliphatic rings. The van der Waals surface area contributed by atoms with Gasteiger partial charge in [-0.25, -0.2) is 4.98 Å². The summed E-state index contributed by atoms with van der Waals surface area (Å²) >= 11 is 1.73. The minimum atomic E-state index is -0.296. The van der Waals surface area contributed by atoms with Crippen LogP contribution in [0.15, 0.2) is 28.6 Å². The van der Waals surface area contributed by atoms with Crippen molar-refractivity contribution in [2.24, 2.45) is 5.41 Å². The highest BCUT2D eigenvalue weighted by molar-refractivity contribution is 7.09. The predicted molar refractivity (Wildman–Crippen MR) is 97.5 cm³/mol. The summed E-state index contributed by atoms with van der Waals surface area (Å²) in [6.07, 6.45) is 8.31. The van der Waals surface area contributed by atoms with E-state index in [1.54, 1.807) is 11.3 Å². The molecule has 1 fully saturated rings. The van der Waals surface area contributed by atoms with E-state index in [1.165, 1.54) is 17.6 Å². The normalized spacial score (nSPS) is 19.4. The van der Waals surface area contributed by atoms with E-state index >= 15 is 0 Å². The molecule has 0 bridgehead atoms. The Labute approximate surface area is 151 Å². The number of carbonyl (C=O) groups excluding carboxylic acids is 1. The molecule has 2 aromatic rings. The molecule has 25 heavy (non-hydrogen) atoms.